The van der Waals surface area contributed by atoms with E-state index in [1.807, 2.05) is 13.8 Å². The highest BCUT2D eigenvalue weighted by Crippen LogP contribution is 2.20. The van der Waals surface area contributed by atoms with Gasteiger partial charge in [-0.15, -0.1) is 0 Å². The van der Waals surface area contributed by atoms with Crippen molar-refractivity contribution in [3.63, 3.8) is 0 Å². The van der Waals surface area contributed by atoms with Crippen LogP contribution in [0.25, 0.3) is 0 Å². The summed E-state index contributed by atoms with van der Waals surface area (Å²) in [5.74, 6) is 0.286. The first-order valence-corrected chi connectivity index (χ1v) is 5.76. The van der Waals surface area contributed by atoms with Gasteiger partial charge < -0.3 is 4.90 Å². The van der Waals surface area contributed by atoms with E-state index in [1.165, 1.54) is 0 Å². The molecule has 1 aliphatic rings. The molecule has 0 saturated carbocycles. The van der Waals surface area contributed by atoms with E-state index in [9.17, 15) is 4.79 Å². The van der Waals surface area contributed by atoms with E-state index in [0.29, 0.717) is 6.04 Å². The summed E-state index contributed by atoms with van der Waals surface area (Å²) in [4.78, 5) is 16.2. The second kappa shape index (κ2) is 4.62. The van der Waals surface area contributed by atoms with Crippen molar-refractivity contribution in [1.82, 2.24) is 9.80 Å². The van der Waals surface area contributed by atoms with Crippen LogP contribution in [0.3, 0.4) is 0 Å². The summed E-state index contributed by atoms with van der Waals surface area (Å²) in [5.41, 5.74) is -0.199. The molecule has 1 aliphatic heterocycles. The predicted octanol–water partition coefficient (Wildman–Crippen LogP) is 1.24. The molecule has 0 aromatic carbocycles. The molecule has 88 valence electrons. The van der Waals surface area contributed by atoms with Crippen molar-refractivity contribution < 1.29 is 4.79 Å². The van der Waals surface area contributed by atoms with Gasteiger partial charge in [0.1, 0.15) is 5.78 Å². The average Bonchev–Trinajstić information content (AvgIpc) is 2.10. The first kappa shape index (κ1) is 12.7. The van der Waals surface area contributed by atoms with Crippen LogP contribution < -0.4 is 0 Å². The number of carbonyl (C=O) groups excluding carboxylic acids is 1. The van der Waals surface area contributed by atoms with Gasteiger partial charge in [-0.2, -0.15) is 0 Å². The molecule has 0 aliphatic carbocycles. The maximum absolute atomic E-state index is 11.4. The van der Waals surface area contributed by atoms with Gasteiger partial charge in [-0.05, 0) is 20.9 Å². The van der Waals surface area contributed by atoms with E-state index in [0.717, 1.165) is 26.2 Å². The zero-order chi connectivity index (χ0) is 11.6. The Labute approximate surface area is 93.4 Å². The maximum atomic E-state index is 11.4. The van der Waals surface area contributed by atoms with Gasteiger partial charge in [0.05, 0.1) is 0 Å². The number of hydrogen-bond acceptors (Lipinski definition) is 3. The number of carbonyl (C=O) groups is 1. The van der Waals surface area contributed by atoms with Gasteiger partial charge >= 0.3 is 0 Å². The Hall–Kier alpha value is -0.410. The molecule has 0 aromatic rings. The topological polar surface area (TPSA) is 23.6 Å². The van der Waals surface area contributed by atoms with Gasteiger partial charge in [0, 0.05) is 37.6 Å². The lowest BCUT2D eigenvalue weighted by molar-refractivity contribution is -0.126. The van der Waals surface area contributed by atoms with E-state index in [1.54, 1.807) is 6.92 Å². The smallest absolute Gasteiger partial charge is 0.136 e. The third kappa shape index (κ3) is 3.28. The number of ketones is 1. The summed E-state index contributed by atoms with van der Waals surface area (Å²) in [6, 6.07) is 0.599. The molecule has 1 saturated heterocycles. The molecule has 1 fully saturated rings. The molecule has 1 unspecified atom stereocenters. The Morgan fingerprint density at radius 1 is 1.40 bits per heavy atom. The van der Waals surface area contributed by atoms with Crippen LogP contribution in [0.5, 0.6) is 0 Å². The molecule has 3 heteroatoms. The van der Waals surface area contributed by atoms with Crippen molar-refractivity contribution in [3.8, 4) is 0 Å². The Balaban J connectivity index is 2.50. The Morgan fingerprint density at radius 2 is 2.00 bits per heavy atom. The fourth-order valence-electron chi connectivity index (χ4n) is 1.94. The van der Waals surface area contributed by atoms with Crippen molar-refractivity contribution in [3.05, 3.63) is 0 Å². The first-order chi connectivity index (χ1) is 6.83. The Bertz CT molecular complexity index is 238. The monoisotopic (exact) mass is 212 g/mol. The van der Waals surface area contributed by atoms with Gasteiger partial charge in [0.25, 0.3) is 0 Å². The Kier molecular flexibility index (Phi) is 3.90. The molecule has 0 amide bonds. The van der Waals surface area contributed by atoms with Crippen LogP contribution in [0.1, 0.15) is 27.7 Å². The molecular weight excluding hydrogens is 188 g/mol. The van der Waals surface area contributed by atoms with Gasteiger partial charge in [0.15, 0.2) is 0 Å². The standard InChI is InChI=1S/C12H24N2O/c1-10-8-14(7-6-13(10)5)9-12(3,4)11(2)15/h10H,6-9H2,1-5H3. The third-order valence-corrected chi connectivity index (χ3v) is 3.62. The number of likely N-dealkylation sites (N-methyl/N-ethyl adjacent to an activating group) is 1. The predicted molar refractivity (Wildman–Crippen MR) is 63.0 cm³/mol. The van der Waals surface area contributed by atoms with Crippen LogP contribution in [0.4, 0.5) is 0 Å². The zero-order valence-corrected chi connectivity index (χ0v) is 10.7. The number of hydrogen-bond donors (Lipinski definition) is 0. The van der Waals surface area contributed by atoms with Gasteiger partial charge in [-0.25, -0.2) is 0 Å². The van der Waals surface area contributed by atoms with Crippen LogP contribution in [0.15, 0.2) is 0 Å². The van der Waals surface area contributed by atoms with Crippen molar-refractivity contribution in [2.45, 2.75) is 33.7 Å². The van der Waals surface area contributed by atoms with Crippen LogP contribution in [-0.2, 0) is 4.79 Å². The lowest BCUT2D eigenvalue weighted by atomic mass is 9.88. The molecule has 15 heavy (non-hydrogen) atoms. The second-order valence-electron chi connectivity index (χ2n) is 5.50. The van der Waals surface area contributed by atoms with E-state index in [-0.39, 0.29) is 11.2 Å². The first-order valence-electron chi connectivity index (χ1n) is 5.76. The molecule has 0 spiro atoms. The van der Waals surface area contributed by atoms with Crippen LogP contribution in [0, 0.1) is 5.41 Å². The van der Waals surface area contributed by atoms with Crippen LogP contribution >= 0.6 is 0 Å². The maximum Gasteiger partial charge on any atom is 0.136 e. The van der Waals surface area contributed by atoms with Gasteiger partial charge in [0.2, 0.25) is 0 Å². The summed E-state index contributed by atoms with van der Waals surface area (Å²) in [6.45, 7) is 12.2. The summed E-state index contributed by atoms with van der Waals surface area (Å²) in [7, 11) is 2.16. The lowest BCUT2D eigenvalue weighted by Gasteiger charge is -2.40. The number of Topliss-reactive ketones (excluding diaryl/α,β-unsaturated/α-hetero) is 1. The van der Waals surface area contributed by atoms with E-state index in [2.05, 4.69) is 23.8 Å². The second-order valence-corrected chi connectivity index (χ2v) is 5.50. The molecule has 1 atom stereocenters. The molecule has 0 N–H and O–H groups in total. The highest BCUT2D eigenvalue weighted by Gasteiger charge is 2.29. The van der Waals surface area contributed by atoms with Gasteiger partial charge in [-0.1, -0.05) is 13.8 Å². The normalized spacial score (nSPS) is 25.5. The number of rotatable bonds is 3. The molecule has 1 heterocycles. The highest BCUT2D eigenvalue weighted by atomic mass is 16.1. The molecule has 0 radical (unpaired) electrons. The van der Waals surface area contributed by atoms with E-state index < -0.39 is 0 Å². The number of piperazine rings is 1. The van der Waals surface area contributed by atoms with Crippen molar-refractivity contribution in [2.24, 2.45) is 5.41 Å². The largest absolute Gasteiger partial charge is 0.301 e. The minimum atomic E-state index is -0.199. The third-order valence-electron chi connectivity index (χ3n) is 3.62. The SMILES string of the molecule is CC(=O)C(C)(C)CN1CCN(C)C(C)C1. The van der Waals surface area contributed by atoms with Crippen molar-refractivity contribution in [2.75, 3.05) is 33.2 Å². The molecular formula is C12H24N2O. The molecule has 3 nitrogen and oxygen atoms in total. The summed E-state index contributed by atoms with van der Waals surface area (Å²) in [6.07, 6.45) is 0. The van der Waals surface area contributed by atoms with E-state index in [4.69, 9.17) is 0 Å². The fourth-order valence-corrected chi connectivity index (χ4v) is 1.94. The minimum Gasteiger partial charge on any atom is -0.301 e. The summed E-state index contributed by atoms with van der Waals surface area (Å²) in [5, 5.41) is 0. The Morgan fingerprint density at radius 3 is 2.47 bits per heavy atom. The van der Waals surface area contributed by atoms with Gasteiger partial charge in [-0.3, -0.25) is 9.69 Å². The summed E-state index contributed by atoms with van der Waals surface area (Å²) < 4.78 is 0. The summed E-state index contributed by atoms with van der Waals surface area (Å²) >= 11 is 0. The highest BCUT2D eigenvalue weighted by molar-refractivity contribution is 5.81. The van der Waals surface area contributed by atoms with Crippen molar-refractivity contribution >= 4 is 5.78 Å². The van der Waals surface area contributed by atoms with Crippen LogP contribution in [-0.4, -0.2) is 54.9 Å². The molecule has 0 bridgehead atoms. The lowest BCUT2D eigenvalue weighted by Crippen LogP contribution is -2.52. The molecule has 0 aromatic heterocycles. The van der Waals surface area contributed by atoms with Crippen molar-refractivity contribution in [1.29, 1.82) is 0 Å². The minimum absolute atomic E-state index is 0.199. The van der Waals surface area contributed by atoms with E-state index >= 15 is 0 Å². The molecule has 1 rings (SSSR count). The number of nitrogens with zero attached hydrogens (tertiary/aromatic N) is 2. The quantitative estimate of drug-likeness (QED) is 0.703. The van der Waals surface area contributed by atoms with Crippen LogP contribution in [0.2, 0.25) is 0 Å². The zero-order valence-electron chi connectivity index (χ0n) is 10.7. The fraction of sp³-hybridized carbons (Fsp3) is 0.917. The average molecular weight is 212 g/mol.